The molecule has 0 saturated heterocycles. The lowest BCUT2D eigenvalue weighted by Gasteiger charge is -2.23. The fourth-order valence-electron chi connectivity index (χ4n) is 2.23. The predicted molar refractivity (Wildman–Crippen MR) is 89.4 cm³/mol. The third kappa shape index (κ3) is 4.14. The monoisotopic (exact) mass is 302 g/mol. The maximum Gasteiger partial charge on any atom is 0.185 e. The Morgan fingerprint density at radius 3 is 2.71 bits per heavy atom. The Bertz CT molecular complexity index is 579. The number of thiazole rings is 1. The summed E-state index contributed by atoms with van der Waals surface area (Å²) < 4.78 is 0. The van der Waals surface area contributed by atoms with Crippen molar-refractivity contribution in [1.82, 2.24) is 4.98 Å². The molecule has 0 amide bonds. The van der Waals surface area contributed by atoms with Crippen LogP contribution >= 0.6 is 11.3 Å². The van der Waals surface area contributed by atoms with Crippen LogP contribution in [0.2, 0.25) is 0 Å². The van der Waals surface area contributed by atoms with Crippen LogP contribution in [-0.2, 0) is 6.42 Å². The van der Waals surface area contributed by atoms with Crippen molar-refractivity contribution in [3.63, 3.8) is 0 Å². The fraction of sp³-hybridized carbons (Fsp3) is 0.412. The number of carbonyl (C=O) groups excluding carboxylic acids is 1. The molecule has 0 bridgehead atoms. The van der Waals surface area contributed by atoms with E-state index < -0.39 is 0 Å². The van der Waals surface area contributed by atoms with Gasteiger partial charge in [-0.1, -0.05) is 43.7 Å². The molecule has 1 atom stereocenters. The van der Waals surface area contributed by atoms with Crippen molar-refractivity contribution in [2.24, 2.45) is 0 Å². The maximum atomic E-state index is 12.2. The van der Waals surface area contributed by atoms with E-state index in [-0.39, 0.29) is 5.78 Å². The number of benzene rings is 1. The van der Waals surface area contributed by atoms with E-state index in [9.17, 15) is 4.79 Å². The molecule has 2 rings (SSSR count). The summed E-state index contributed by atoms with van der Waals surface area (Å²) in [5.74, 6) is 0.122. The van der Waals surface area contributed by atoms with Gasteiger partial charge in [0.1, 0.15) is 0 Å². The van der Waals surface area contributed by atoms with Crippen LogP contribution in [0, 0.1) is 0 Å². The first kappa shape index (κ1) is 15.7. The summed E-state index contributed by atoms with van der Waals surface area (Å²) in [6.45, 7) is 4.40. The Morgan fingerprint density at radius 1 is 1.33 bits per heavy atom. The van der Waals surface area contributed by atoms with Crippen LogP contribution < -0.4 is 4.90 Å². The van der Waals surface area contributed by atoms with Crippen molar-refractivity contribution in [3.8, 4) is 0 Å². The number of aromatic nitrogens is 1. The first-order valence-corrected chi connectivity index (χ1v) is 8.25. The number of hydrogen-bond acceptors (Lipinski definition) is 4. The molecule has 1 aromatic heterocycles. The lowest BCUT2D eigenvalue weighted by atomic mass is 10.1. The molecule has 4 heteroatoms. The Labute approximate surface area is 130 Å². The van der Waals surface area contributed by atoms with Crippen molar-refractivity contribution >= 4 is 22.3 Å². The van der Waals surface area contributed by atoms with Crippen LogP contribution in [0.3, 0.4) is 0 Å². The van der Waals surface area contributed by atoms with Crippen LogP contribution in [0.5, 0.6) is 0 Å². The quantitative estimate of drug-likeness (QED) is 0.719. The molecule has 0 spiro atoms. The average molecular weight is 302 g/mol. The Kier molecular flexibility index (Phi) is 5.51. The van der Waals surface area contributed by atoms with Crippen molar-refractivity contribution in [3.05, 3.63) is 47.0 Å². The van der Waals surface area contributed by atoms with Gasteiger partial charge in [0.05, 0.1) is 12.1 Å². The topological polar surface area (TPSA) is 33.2 Å². The lowest BCUT2D eigenvalue weighted by Crippen LogP contribution is -2.28. The zero-order valence-electron chi connectivity index (χ0n) is 12.9. The average Bonchev–Trinajstić information content (AvgIpc) is 2.96. The third-order valence-corrected chi connectivity index (χ3v) is 4.63. The number of Topliss-reactive ketones (excluding diaryl/α,β-unsaturated/α-hetero) is 1. The minimum absolute atomic E-state index is 0.122. The zero-order chi connectivity index (χ0) is 15.2. The molecule has 1 aromatic carbocycles. The van der Waals surface area contributed by atoms with Gasteiger partial charge in [-0.25, -0.2) is 4.98 Å². The molecule has 0 N–H and O–H groups in total. The second kappa shape index (κ2) is 7.36. The molecule has 0 aliphatic heterocycles. The summed E-state index contributed by atoms with van der Waals surface area (Å²) in [5.41, 5.74) is 1.61. The van der Waals surface area contributed by atoms with Crippen molar-refractivity contribution < 1.29 is 4.79 Å². The number of anilines is 1. The van der Waals surface area contributed by atoms with E-state index in [4.69, 9.17) is 0 Å². The van der Waals surface area contributed by atoms with Crippen molar-refractivity contribution in [2.75, 3.05) is 11.9 Å². The van der Waals surface area contributed by atoms with Gasteiger partial charge < -0.3 is 4.90 Å². The van der Waals surface area contributed by atoms with Gasteiger partial charge in [-0.15, -0.1) is 11.3 Å². The van der Waals surface area contributed by atoms with Crippen molar-refractivity contribution in [1.29, 1.82) is 0 Å². The van der Waals surface area contributed by atoms with Gasteiger partial charge in [0.25, 0.3) is 0 Å². The molecule has 0 aliphatic rings. The zero-order valence-corrected chi connectivity index (χ0v) is 13.7. The standard InChI is InChI=1S/C17H22N2OS/c1-4-8-13(2)19(3)17-18-15(12-21-17)11-16(20)14-9-6-5-7-10-14/h5-7,9-10,12-13H,4,8,11H2,1-3H3. The normalized spacial score (nSPS) is 12.1. The predicted octanol–water partition coefficient (Wildman–Crippen LogP) is 4.19. The number of rotatable bonds is 7. The Balaban J connectivity index is 2.02. The number of nitrogens with zero attached hydrogens (tertiary/aromatic N) is 2. The largest absolute Gasteiger partial charge is 0.348 e. The van der Waals surface area contributed by atoms with Crippen LogP contribution in [0.1, 0.15) is 42.7 Å². The van der Waals surface area contributed by atoms with Crippen LogP contribution in [0.15, 0.2) is 35.7 Å². The first-order valence-electron chi connectivity index (χ1n) is 7.37. The molecular weight excluding hydrogens is 280 g/mol. The van der Waals surface area contributed by atoms with E-state index in [1.54, 1.807) is 11.3 Å². The van der Waals surface area contributed by atoms with Crippen LogP contribution in [0.4, 0.5) is 5.13 Å². The summed E-state index contributed by atoms with van der Waals surface area (Å²) in [7, 11) is 2.07. The summed E-state index contributed by atoms with van der Waals surface area (Å²) in [5, 5.41) is 2.98. The molecule has 1 unspecified atom stereocenters. The summed E-state index contributed by atoms with van der Waals surface area (Å²) in [6, 6.07) is 9.87. The van der Waals surface area contributed by atoms with Gasteiger partial charge in [-0.2, -0.15) is 0 Å². The second-order valence-electron chi connectivity index (χ2n) is 5.34. The van der Waals surface area contributed by atoms with Gasteiger partial charge in [0.2, 0.25) is 0 Å². The molecule has 3 nitrogen and oxygen atoms in total. The summed E-state index contributed by atoms with van der Waals surface area (Å²) >= 11 is 1.61. The third-order valence-electron chi connectivity index (χ3n) is 3.65. The van der Waals surface area contributed by atoms with E-state index in [0.717, 1.165) is 29.2 Å². The Hall–Kier alpha value is -1.68. The van der Waals surface area contributed by atoms with E-state index in [0.29, 0.717) is 12.5 Å². The molecule has 2 aromatic rings. The molecule has 21 heavy (non-hydrogen) atoms. The van der Waals surface area contributed by atoms with Crippen LogP contribution in [0.25, 0.3) is 0 Å². The number of hydrogen-bond donors (Lipinski definition) is 0. The van der Waals surface area contributed by atoms with E-state index >= 15 is 0 Å². The minimum Gasteiger partial charge on any atom is -0.348 e. The van der Waals surface area contributed by atoms with Crippen LogP contribution in [-0.4, -0.2) is 23.9 Å². The summed E-state index contributed by atoms with van der Waals surface area (Å²) in [6.07, 6.45) is 2.68. The molecule has 0 saturated carbocycles. The molecule has 0 radical (unpaired) electrons. The molecule has 0 fully saturated rings. The van der Waals surface area contributed by atoms with Gasteiger partial charge >= 0.3 is 0 Å². The molecule has 1 heterocycles. The highest BCUT2D eigenvalue weighted by Gasteiger charge is 2.14. The van der Waals surface area contributed by atoms with Gasteiger partial charge in [0.15, 0.2) is 10.9 Å². The minimum atomic E-state index is 0.122. The highest BCUT2D eigenvalue weighted by Crippen LogP contribution is 2.23. The number of ketones is 1. The van der Waals surface area contributed by atoms with Gasteiger partial charge in [-0.05, 0) is 13.3 Å². The number of carbonyl (C=O) groups is 1. The SMILES string of the molecule is CCCC(C)N(C)c1nc(CC(=O)c2ccccc2)cs1. The molecule has 0 aliphatic carbocycles. The lowest BCUT2D eigenvalue weighted by molar-refractivity contribution is 0.0992. The smallest absolute Gasteiger partial charge is 0.185 e. The van der Waals surface area contributed by atoms with Crippen molar-refractivity contribution in [2.45, 2.75) is 39.2 Å². The maximum absolute atomic E-state index is 12.2. The van der Waals surface area contributed by atoms with Gasteiger partial charge in [0, 0.05) is 24.0 Å². The first-order chi connectivity index (χ1) is 10.1. The fourth-order valence-corrected chi connectivity index (χ4v) is 3.12. The summed E-state index contributed by atoms with van der Waals surface area (Å²) in [4.78, 5) is 19.0. The highest BCUT2D eigenvalue weighted by atomic mass is 32.1. The Morgan fingerprint density at radius 2 is 2.05 bits per heavy atom. The van der Waals surface area contributed by atoms with E-state index in [1.807, 2.05) is 35.7 Å². The highest BCUT2D eigenvalue weighted by molar-refractivity contribution is 7.13. The second-order valence-corrected chi connectivity index (χ2v) is 6.17. The molecular formula is C17H22N2OS. The molecule has 112 valence electrons. The van der Waals surface area contributed by atoms with E-state index in [2.05, 4.69) is 30.8 Å². The van der Waals surface area contributed by atoms with Gasteiger partial charge in [-0.3, -0.25) is 4.79 Å². The van der Waals surface area contributed by atoms with E-state index in [1.165, 1.54) is 0 Å².